The molecule has 154 valence electrons. The minimum Gasteiger partial charge on any atom is -0.272 e. The first kappa shape index (κ1) is 22.9. The van der Waals surface area contributed by atoms with E-state index in [0.717, 1.165) is 9.87 Å². The van der Waals surface area contributed by atoms with Gasteiger partial charge in [-0.25, -0.2) is 8.42 Å². The number of aryl methyl sites for hydroxylation is 1. The third-order valence-corrected chi connectivity index (χ3v) is 6.35. The minimum atomic E-state index is -3.82. The van der Waals surface area contributed by atoms with E-state index >= 15 is 0 Å². The van der Waals surface area contributed by atoms with Crippen molar-refractivity contribution < 1.29 is 18.0 Å². The Hall–Kier alpha value is -2.39. The number of hydrazine groups is 1. The highest BCUT2D eigenvalue weighted by atomic mass is 35.5. The van der Waals surface area contributed by atoms with Crippen LogP contribution < -0.4 is 10.9 Å². The molecule has 7 nitrogen and oxygen atoms in total. The summed E-state index contributed by atoms with van der Waals surface area (Å²) in [5, 5.41) is 0.741. The molecule has 0 atom stereocenters. The lowest BCUT2D eigenvalue weighted by Crippen LogP contribution is -2.46. The number of sulfonamides is 1. The minimum absolute atomic E-state index is 0.0759. The summed E-state index contributed by atoms with van der Waals surface area (Å²) in [4.78, 5) is 23.8. The molecule has 0 spiro atoms. The molecule has 10 heteroatoms. The molecule has 0 saturated carbocycles. The van der Waals surface area contributed by atoms with Gasteiger partial charge in [0.25, 0.3) is 11.8 Å². The van der Waals surface area contributed by atoms with E-state index in [2.05, 4.69) is 10.9 Å². The van der Waals surface area contributed by atoms with Crippen molar-refractivity contribution in [1.29, 1.82) is 0 Å². The zero-order valence-electron chi connectivity index (χ0n) is 15.6. The second kappa shape index (κ2) is 9.89. The lowest BCUT2D eigenvalue weighted by Gasteiger charge is -2.17. The van der Waals surface area contributed by atoms with Crippen LogP contribution >= 0.6 is 23.2 Å². The number of rotatable bonds is 6. The number of hydrogen-bond donors (Lipinski definition) is 2. The van der Waals surface area contributed by atoms with Crippen LogP contribution in [-0.4, -0.2) is 38.1 Å². The van der Waals surface area contributed by atoms with Crippen LogP contribution in [0.15, 0.2) is 53.4 Å². The molecule has 2 aromatic carbocycles. The van der Waals surface area contributed by atoms with Gasteiger partial charge in [-0.1, -0.05) is 47.0 Å². The fourth-order valence-electron chi connectivity index (χ4n) is 2.18. The Morgan fingerprint density at radius 1 is 1.03 bits per heavy atom. The molecule has 2 rings (SSSR count). The average molecular weight is 456 g/mol. The first-order valence-corrected chi connectivity index (χ1v) is 10.5. The van der Waals surface area contributed by atoms with Crippen molar-refractivity contribution in [1.82, 2.24) is 15.2 Å². The van der Waals surface area contributed by atoms with E-state index < -0.39 is 28.4 Å². The molecule has 0 heterocycles. The first-order chi connectivity index (χ1) is 13.6. The highest BCUT2D eigenvalue weighted by molar-refractivity contribution is 7.89. The smallest absolute Gasteiger partial charge is 0.262 e. The van der Waals surface area contributed by atoms with Gasteiger partial charge in [0, 0.05) is 13.1 Å². The number of nitrogens with zero attached hydrogens (tertiary/aromatic N) is 1. The molecule has 0 aromatic heterocycles. The van der Waals surface area contributed by atoms with Crippen molar-refractivity contribution in [2.24, 2.45) is 0 Å². The molecule has 0 aliphatic carbocycles. The zero-order valence-corrected chi connectivity index (χ0v) is 18.0. The fourth-order valence-corrected chi connectivity index (χ4v) is 3.61. The number of likely N-dealkylation sites (N-methyl/N-ethyl adjacent to an activating group) is 1. The summed E-state index contributed by atoms with van der Waals surface area (Å²) >= 11 is 11.7. The van der Waals surface area contributed by atoms with Crippen LogP contribution in [0.3, 0.4) is 0 Å². The Morgan fingerprint density at radius 2 is 1.69 bits per heavy atom. The zero-order chi connectivity index (χ0) is 21.6. The van der Waals surface area contributed by atoms with Crippen molar-refractivity contribution in [2.45, 2.75) is 11.8 Å². The monoisotopic (exact) mass is 455 g/mol. The first-order valence-electron chi connectivity index (χ1n) is 8.34. The lowest BCUT2D eigenvalue weighted by molar-refractivity contribution is -0.126. The summed E-state index contributed by atoms with van der Waals surface area (Å²) in [5.41, 5.74) is 5.90. The molecule has 0 bridgehead atoms. The van der Waals surface area contributed by atoms with Gasteiger partial charge in [0.1, 0.15) is 0 Å². The summed E-state index contributed by atoms with van der Waals surface area (Å²) in [5.74, 6) is -1.30. The normalized spacial score (nSPS) is 11.6. The Kier molecular flexibility index (Phi) is 7.80. The van der Waals surface area contributed by atoms with Gasteiger partial charge in [0.2, 0.25) is 10.0 Å². The van der Waals surface area contributed by atoms with E-state index in [4.69, 9.17) is 23.2 Å². The summed E-state index contributed by atoms with van der Waals surface area (Å²) < 4.78 is 25.8. The number of halogens is 2. The third kappa shape index (κ3) is 6.57. The van der Waals surface area contributed by atoms with Crippen molar-refractivity contribution in [3.8, 4) is 0 Å². The lowest BCUT2D eigenvalue weighted by atomic mass is 10.2. The van der Waals surface area contributed by atoms with Crippen molar-refractivity contribution in [3.05, 3.63) is 69.7 Å². The number of amides is 2. The fraction of sp³-hybridized carbons (Fsp3) is 0.158. The van der Waals surface area contributed by atoms with E-state index in [1.165, 1.54) is 31.3 Å². The Morgan fingerprint density at radius 3 is 2.31 bits per heavy atom. The average Bonchev–Trinajstić information content (AvgIpc) is 2.67. The standard InChI is InChI=1S/C19H19Cl2N3O4S/c1-13-3-7-15(8-4-13)29(27,28)24(2)12-19(26)23-22-18(25)10-6-14-5-9-16(20)17(21)11-14/h3-11H,12H2,1-2H3,(H,22,25)(H,23,26)/b10-6+. The second-order valence-corrected chi connectivity index (χ2v) is 8.98. The van der Waals surface area contributed by atoms with Gasteiger partial charge in [-0.05, 0) is 42.8 Å². The van der Waals surface area contributed by atoms with Gasteiger partial charge in [-0.3, -0.25) is 20.4 Å². The van der Waals surface area contributed by atoms with Crippen molar-refractivity contribution in [2.75, 3.05) is 13.6 Å². The van der Waals surface area contributed by atoms with Crippen molar-refractivity contribution in [3.63, 3.8) is 0 Å². The maximum Gasteiger partial charge on any atom is 0.262 e. The van der Waals surface area contributed by atoms with E-state index in [1.54, 1.807) is 30.3 Å². The molecular weight excluding hydrogens is 437 g/mol. The number of carbonyl (C=O) groups is 2. The topological polar surface area (TPSA) is 95.6 Å². The third-order valence-electron chi connectivity index (χ3n) is 3.79. The SMILES string of the molecule is Cc1ccc(S(=O)(=O)N(C)CC(=O)NNC(=O)/C=C/c2ccc(Cl)c(Cl)c2)cc1. The molecule has 2 N–H and O–H groups in total. The van der Waals surface area contributed by atoms with E-state index in [0.29, 0.717) is 15.6 Å². The maximum absolute atomic E-state index is 12.5. The molecule has 29 heavy (non-hydrogen) atoms. The quantitative estimate of drug-likeness (QED) is 0.516. The van der Waals surface area contributed by atoms with Crippen LogP contribution in [0, 0.1) is 6.92 Å². The molecular formula is C19H19Cl2N3O4S. The van der Waals surface area contributed by atoms with Gasteiger partial charge < -0.3 is 0 Å². The summed E-state index contributed by atoms with van der Waals surface area (Å²) in [7, 11) is -2.54. The van der Waals surface area contributed by atoms with Crippen LogP contribution in [0.5, 0.6) is 0 Å². The van der Waals surface area contributed by atoms with E-state index in [1.807, 2.05) is 6.92 Å². The van der Waals surface area contributed by atoms with E-state index in [-0.39, 0.29) is 4.90 Å². The highest BCUT2D eigenvalue weighted by Crippen LogP contribution is 2.23. The Labute approximate surface area is 179 Å². The number of carbonyl (C=O) groups excluding carboxylic acids is 2. The molecule has 2 amide bonds. The Balaban J connectivity index is 1.88. The van der Waals surface area contributed by atoms with Gasteiger partial charge in [0.15, 0.2) is 0 Å². The van der Waals surface area contributed by atoms with Gasteiger partial charge in [0.05, 0.1) is 21.5 Å². The van der Waals surface area contributed by atoms with Crippen LogP contribution in [0.25, 0.3) is 6.08 Å². The van der Waals surface area contributed by atoms with Gasteiger partial charge in [-0.2, -0.15) is 4.31 Å². The molecule has 2 aromatic rings. The predicted octanol–water partition coefficient (Wildman–Crippen LogP) is 2.78. The van der Waals surface area contributed by atoms with Crippen LogP contribution in [0.2, 0.25) is 10.0 Å². The second-order valence-electron chi connectivity index (χ2n) is 6.12. The molecule has 0 saturated heterocycles. The summed E-state index contributed by atoms with van der Waals surface area (Å²) in [6.45, 7) is 1.37. The number of hydrogen-bond acceptors (Lipinski definition) is 4. The summed E-state index contributed by atoms with van der Waals surface area (Å²) in [6.07, 6.45) is 2.67. The van der Waals surface area contributed by atoms with Crippen molar-refractivity contribution >= 4 is 51.1 Å². The summed E-state index contributed by atoms with van der Waals surface area (Å²) in [6, 6.07) is 11.1. The number of benzene rings is 2. The van der Waals surface area contributed by atoms with Crippen LogP contribution in [0.4, 0.5) is 0 Å². The van der Waals surface area contributed by atoms with Gasteiger partial charge >= 0.3 is 0 Å². The van der Waals surface area contributed by atoms with E-state index in [9.17, 15) is 18.0 Å². The maximum atomic E-state index is 12.5. The largest absolute Gasteiger partial charge is 0.272 e. The highest BCUT2D eigenvalue weighted by Gasteiger charge is 2.22. The van der Waals surface area contributed by atoms with Gasteiger partial charge in [-0.15, -0.1) is 0 Å². The molecule has 0 radical (unpaired) electrons. The van der Waals surface area contributed by atoms with Crippen LogP contribution in [0.1, 0.15) is 11.1 Å². The Bertz CT molecular complexity index is 1040. The molecule has 0 unspecified atom stereocenters. The molecule has 0 aliphatic rings. The number of nitrogens with one attached hydrogen (secondary N) is 2. The molecule has 0 fully saturated rings. The molecule has 0 aliphatic heterocycles. The van der Waals surface area contributed by atoms with Crippen LogP contribution in [-0.2, 0) is 19.6 Å². The predicted molar refractivity (Wildman–Crippen MR) is 113 cm³/mol.